The van der Waals surface area contributed by atoms with Crippen LogP contribution in [-0.2, 0) is 11.3 Å². The van der Waals surface area contributed by atoms with Crippen molar-refractivity contribution in [2.24, 2.45) is 5.92 Å². The van der Waals surface area contributed by atoms with E-state index in [2.05, 4.69) is 40.8 Å². The molecule has 11 heteroatoms. The van der Waals surface area contributed by atoms with Crippen molar-refractivity contribution in [3.8, 4) is 5.13 Å². The molecule has 1 aliphatic rings. The standard InChI is InChI=1S/C24H27N9OS/c1-16-3-4-21(26-13-16)27-15-19-5-10-28-33(19)24-31-30-23(35-24)32-11-7-18(8-12-32)22(34)29-20-6-9-25-14-17(20)2/h3-6,9-10,13-14,18H,7-8,11-12,15H2,1-2H3,(H,26,27)(H,25,29,34). The highest BCUT2D eigenvalue weighted by Crippen LogP contribution is 2.29. The van der Waals surface area contributed by atoms with Gasteiger partial charge in [-0.2, -0.15) is 5.10 Å². The highest BCUT2D eigenvalue weighted by atomic mass is 32.1. The molecule has 5 heterocycles. The number of nitrogens with zero attached hydrogens (tertiary/aromatic N) is 7. The summed E-state index contributed by atoms with van der Waals surface area (Å²) in [4.78, 5) is 23.4. The van der Waals surface area contributed by atoms with Crippen molar-refractivity contribution in [3.63, 3.8) is 0 Å². The molecule has 180 valence electrons. The van der Waals surface area contributed by atoms with E-state index in [0.29, 0.717) is 11.7 Å². The van der Waals surface area contributed by atoms with Crippen LogP contribution in [0.25, 0.3) is 5.13 Å². The molecular weight excluding hydrogens is 462 g/mol. The van der Waals surface area contributed by atoms with Crippen LogP contribution in [-0.4, -0.2) is 48.9 Å². The lowest BCUT2D eigenvalue weighted by Crippen LogP contribution is -2.38. The van der Waals surface area contributed by atoms with E-state index in [4.69, 9.17) is 0 Å². The predicted molar refractivity (Wildman–Crippen MR) is 136 cm³/mol. The first-order valence-corrected chi connectivity index (χ1v) is 12.4. The lowest BCUT2D eigenvalue weighted by Gasteiger charge is -2.30. The van der Waals surface area contributed by atoms with Crippen LogP contribution in [0.1, 0.15) is 29.7 Å². The second-order valence-electron chi connectivity index (χ2n) is 8.62. The number of amides is 1. The number of rotatable bonds is 7. The van der Waals surface area contributed by atoms with Crippen molar-refractivity contribution >= 4 is 33.9 Å². The van der Waals surface area contributed by atoms with Gasteiger partial charge in [-0.15, -0.1) is 10.2 Å². The molecule has 5 rings (SSSR count). The van der Waals surface area contributed by atoms with Crippen molar-refractivity contribution in [1.29, 1.82) is 0 Å². The van der Waals surface area contributed by atoms with Crippen LogP contribution in [0.2, 0.25) is 0 Å². The first kappa shape index (κ1) is 22.9. The normalized spacial score (nSPS) is 14.2. The van der Waals surface area contributed by atoms with Gasteiger partial charge in [-0.1, -0.05) is 17.4 Å². The minimum Gasteiger partial charge on any atom is -0.364 e. The molecule has 0 aliphatic carbocycles. The van der Waals surface area contributed by atoms with Crippen molar-refractivity contribution in [2.75, 3.05) is 28.6 Å². The van der Waals surface area contributed by atoms with Gasteiger partial charge in [-0.25, -0.2) is 9.67 Å². The van der Waals surface area contributed by atoms with E-state index < -0.39 is 0 Å². The molecule has 0 bridgehead atoms. The quantitative estimate of drug-likeness (QED) is 0.405. The zero-order chi connectivity index (χ0) is 24.2. The fourth-order valence-electron chi connectivity index (χ4n) is 3.99. The summed E-state index contributed by atoms with van der Waals surface area (Å²) in [5, 5.41) is 21.2. The summed E-state index contributed by atoms with van der Waals surface area (Å²) in [6.07, 6.45) is 8.58. The topological polar surface area (TPSA) is 114 Å². The fraction of sp³-hybridized carbons (Fsp3) is 0.333. The number of piperidine rings is 1. The maximum absolute atomic E-state index is 12.7. The lowest BCUT2D eigenvalue weighted by molar-refractivity contribution is -0.120. The monoisotopic (exact) mass is 489 g/mol. The SMILES string of the molecule is Cc1ccc(NCc2ccnn2-c2nnc(N3CCC(C(=O)Nc4ccncc4C)CC3)s2)nc1. The van der Waals surface area contributed by atoms with Gasteiger partial charge in [0.25, 0.3) is 0 Å². The van der Waals surface area contributed by atoms with Crippen LogP contribution < -0.4 is 15.5 Å². The van der Waals surface area contributed by atoms with E-state index in [-0.39, 0.29) is 11.8 Å². The number of aryl methyl sites for hydroxylation is 2. The van der Waals surface area contributed by atoms with Crippen molar-refractivity contribution < 1.29 is 4.79 Å². The molecule has 10 nitrogen and oxygen atoms in total. The van der Waals surface area contributed by atoms with Crippen molar-refractivity contribution in [1.82, 2.24) is 29.9 Å². The molecule has 1 amide bonds. The Hall–Kier alpha value is -3.86. The van der Waals surface area contributed by atoms with E-state index in [1.54, 1.807) is 23.3 Å². The molecule has 1 aliphatic heterocycles. The Kier molecular flexibility index (Phi) is 6.66. The van der Waals surface area contributed by atoms with Gasteiger partial charge in [0, 0.05) is 49.5 Å². The van der Waals surface area contributed by atoms with Gasteiger partial charge in [0.05, 0.1) is 12.2 Å². The molecule has 2 N–H and O–H groups in total. The summed E-state index contributed by atoms with van der Waals surface area (Å²) in [5.74, 6) is 0.853. The van der Waals surface area contributed by atoms with E-state index in [1.807, 2.05) is 44.3 Å². The summed E-state index contributed by atoms with van der Waals surface area (Å²) in [5.41, 5.74) is 3.87. The van der Waals surface area contributed by atoms with Gasteiger partial charge in [-0.05, 0) is 56.0 Å². The molecule has 0 saturated carbocycles. The summed E-state index contributed by atoms with van der Waals surface area (Å²) >= 11 is 1.50. The Balaban J connectivity index is 1.18. The lowest BCUT2D eigenvalue weighted by atomic mass is 9.96. The largest absolute Gasteiger partial charge is 0.364 e. The van der Waals surface area contributed by atoms with Gasteiger partial charge in [-0.3, -0.25) is 9.78 Å². The number of hydrogen-bond donors (Lipinski definition) is 2. The molecular formula is C24H27N9OS. The highest BCUT2D eigenvalue weighted by Gasteiger charge is 2.27. The first-order chi connectivity index (χ1) is 17.1. The molecule has 1 saturated heterocycles. The molecule has 4 aromatic heterocycles. The number of anilines is 3. The number of nitrogens with one attached hydrogen (secondary N) is 2. The number of pyridine rings is 2. The Labute approximate surface area is 207 Å². The first-order valence-electron chi connectivity index (χ1n) is 11.6. The minimum absolute atomic E-state index is 0.0228. The minimum atomic E-state index is -0.0228. The summed E-state index contributed by atoms with van der Waals surface area (Å²) in [7, 11) is 0. The van der Waals surface area contributed by atoms with Crippen LogP contribution in [0.15, 0.2) is 49.1 Å². The average molecular weight is 490 g/mol. The number of hydrogen-bond acceptors (Lipinski definition) is 9. The van der Waals surface area contributed by atoms with Crippen LogP contribution in [0, 0.1) is 19.8 Å². The number of carbonyl (C=O) groups excluding carboxylic acids is 1. The van der Waals surface area contributed by atoms with Gasteiger partial charge in [0.2, 0.25) is 16.2 Å². The van der Waals surface area contributed by atoms with Crippen LogP contribution in [0.3, 0.4) is 0 Å². The molecule has 4 aromatic rings. The summed E-state index contributed by atoms with van der Waals surface area (Å²) in [6, 6.07) is 7.77. The van der Waals surface area contributed by atoms with Crippen molar-refractivity contribution in [2.45, 2.75) is 33.2 Å². The predicted octanol–water partition coefficient (Wildman–Crippen LogP) is 3.60. The third kappa shape index (κ3) is 5.29. The Bertz CT molecular complexity index is 1290. The third-order valence-electron chi connectivity index (χ3n) is 6.08. The van der Waals surface area contributed by atoms with E-state index >= 15 is 0 Å². The molecule has 0 radical (unpaired) electrons. The van der Waals surface area contributed by atoms with E-state index in [1.165, 1.54) is 11.3 Å². The van der Waals surface area contributed by atoms with Gasteiger partial charge < -0.3 is 15.5 Å². The smallest absolute Gasteiger partial charge is 0.234 e. The molecule has 0 spiro atoms. The summed E-state index contributed by atoms with van der Waals surface area (Å²) in [6.45, 7) is 6.05. The van der Waals surface area contributed by atoms with E-state index in [9.17, 15) is 4.79 Å². The molecule has 35 heavy (non-hydrogen) atoms. The second-order valence-corrected chi connectivity index (χ2v) is 9.55. The number of aromatic nitrogens is 6. The summed E-state index contributed by atoms with van der Waals surface area (Å²) < 4.78 is 1.81. The average Bonchev–Trinajstić information content (AvgIpc) is 3.55. The fourth-order valence-corrected chi connectivity index (χ4v) is 4.88. The van der Waals surface area contributed by atoms with E-state index in [0.717, 1.165) is 59.4 Å². The molecule has 0 aromatic carbocycles. The molecule has 0 atom stereocenters. The van der Waals surface area contributed by atoms with Crippen LogP contribution >= 0.6 is 11.3 Å². The maximum Gasteiger partial charge on any atom is 0.234 e. The Morgan fingerprint density at radius 1 is 1.06 bits per heavy atom. The second kappa shape index (κ2) is 10.2. The molecule has 0 unspecified atom stereocenters. The third-order valence-corrected chi connectivity index (χ3v) is 7.04. The zero-order valence-electron chi connectivity index (χ0n) is 19.7. The van der Waals surface area contributed by atoms with Crippen LogP contribution in [0.5, 0.6) is 0 Å². The number of carbonyl (C=O) groups is 1. The van der Waals surface area contributed by atoms with Gasteiger partial charge in [0.15, 0.2) is 0 Å². The van der Waals surface area contributed by atoms with Gasteiger partial charge in [0.1, 0.15) is 5.82 Å². The van der Waals surface area contributed by atoms with Gasteiger partial charge >= 0.3 is 0 Å². The maximum atomic E-state index is 12.7. The van der Waals surface area contributed by atoms with Crippen molar-refractivity contribution in [3.05, 3.63) is 65.9 Å². The molecule has 1 fully saturated rings. The Morgan fingerprint density at radius 2 is 1.89 bits per heavy atom. The van der Waals surface area contributed by atoms with Crippen LogP contribution in [0.4, 0.5) is 16.6 Å². The highest BCUT2D eigenvalue weighted by molar-refractivity contribution is 7.17. The zero-order valence-corrected chi connectivity index (χ0v) is 20.5. The Morgan fingerprint density at radius 3 is 2.66 bits per heavy atom.